The summed E-state index contributed by atoms with van der Waals surface area (Å²) in [5, 5.41) is 3.72. The van der Waals surface area contributed by atoms with E-state index in [2.05, 4.69) is 9.69 Å². The van der Waals surface area contributed by atoms with Gasteiger partial charge in [-0.05, 0) is 54.0 Å². The number of fused-ring (bicyclic) bond motifs is 1. The SMILES string of the molecule is CN(C)S(=O)(=O)c1ccc(OCC(=O)Nc2ccc3sncc3c2)cc1. The van der Waals surface area contributed by atoms with E-state index >= 15 is 0 Å². The summed E-state index contributed by atoms with van der Waals surface area (Å²) in [5.74, 6) is 0.105. The molecule has 0 fully saturated rings. The van der Waals surface area contributed by atoms with Crippen molar-refractivity contribution in [1.29, 1.82) is 0 Å². The maximum Gasteiger partial charge on any atom is 0.262 e. The molecule has 0 radical (unpaired) electrons. The van der Waals surface area contributed by atoms with Gasteiger partial charge in [0.1, 0.15) is 5.75 Å². The normalized spacial score (nSPS) is 11.7. The van der Waals surface area contributed by atoms with E-state index in [-0.39, 0.29) is 17.4 Å². The van der Waals surface area contributed by atoms with Gasteiger partial charge in [-0.1, -0.05) is 0 Å². The van der Waals surface area contributed by atoms with Crippen molar-refractivity contribution in [3.63, 3.8) is 0 Å². The molecule has 1 N–H and O–H groups in total. The third kappa shape index (κ3) is 4.01. The first kappa shape index (κ1) is 18.3. The van der Waals surface area contributed by atoms with E-state index in [4.69, 9.17) is 4.74 Å². The number of carbonyl (C=O) groups is 1. The zero-order chi connectivity index (χ0) is 18.7. The molecule has 1 aromatic heterocycles. The summed E-state index contributed by atoms with van der Waals surface area (Å²) in [4.78, 5) is 12.2. The molecule has 7 nitrogen and oxygen atoms in total. The molecule has 3 rings (SSSR count). The van der Waals surface area contributed by atoms with Crippen molar-refractivity contribution in [3.05, 3.63) is 48.7 Å². The van der Waals surface area contributed by atoms with E-state index < -0.39 is 10.0 Å². The highest BCUT2D eigenvalue weighted by Gasteiger charge is 2.16. The molecule has 9 heteroatoms. The van der Waals surface area contributed by atoms with Gasteiger partial charge in [-0.25, -0.2) is 12.7 Å². The van der Waals surface area contributed by atoms with Crippen LogP contribution in [0.3, 0.4) is 0 Å². The lowest BCUT2D eigenvalue weighted by atomic mass is 10.2. The molecule has 2 aromatic carbocycles. The van der Waals surface area contributed by atoms with Crippen LogP contribution in [0.4, 0.5) is 5.69 Å². The first-order valence-corrected chi connectivity index (χ1v) is 9.87. The van der Waals surface area contributed by atoms with Gasteiger partial charge in [0.25, 0.3) is 5.91 Å². The van der Waals surface area contributed by atoms with Crippen molar-refractivity contribution in [2.24, 2.45) is 0 Å². The number of anilines is 1. The van der Waals surface area contributed by atoms with Crippen LogP contribution in [0.15, 0.2) is 53.6 Å². The van der Waals surface area contributed by atoms with Gasteiger partial charge < -0.3 is 10.1 Å². The van der Waals surface area contributed by atoms with Crippen LogP contribution in [0.1, 0.15) is 0 Å². The summed E-state index contributed by atoms with van der Waals surface area (Å²) < 4.78 is 35.7. The van der Waals surface area contributed by atoms with Crippen molar-refractivity contribution in [2.45, 2.75) is 4.90 Å². The smallest absolute Gasteiger partial charge is 0.262 e. The minimum atomic E-state index is -3.48. The molecule has 0 aliphatic rings. The summed E-state index contributed by atoms with van der Waals surface area (Å²) in [6.07, 6.45) is 1.75. The number of carbonyl (C=O) groups excluding carboxylic acids is 1. The Hall–Kier alpha value is -2.49. The molecule has 0 aliphatic heterocycles. The Morgan fingerprint density at radius 1 is 1.19 bits per heavy atom. The quantitative estimate of drug-likeness (QED) is 0.698. The fraction of sp³-hybridized carbons (Fsp3) is 0.176. The number of hydrogen-bond donors (Lipinski definition) is 1. The van der Waals surface area contributed by atoms with Crippen LogP contribution in [0, 0.1) is 0 Å². The molecule has 0 saturated carbocycles. The number of hydrogen-bond acceptors (Lipinski definition) is 6. The Bertz CT molecular complexity index is 1030. The van der Waals surface area contributed by atoms with Crippen LogP contribution in [-0.4, -0.2) is 43.7 Å². The van der Waals surface area contributed by atoms with Crippen LogP contribution in [-0.2, 0) is 14.8 Å². The number of amides is 1. The fourth-order valence-corrected chi connectivity index (χ4v) is 3.74. The number of benzene rings is 2. The predicted octanol–water partition coefficient (Wildman–Crippen LogP) is 2.56. The summed E-state index contributed by atoms with van der Waals surface area (Å²) in [5.41, 5.74) is 0.665. The van der Waals surface area contributed by atoms with Crippen LogP contribution >= 0.6 is 11.5 Å². The maximum absolute atomic E-state index is 12.0. The second-order valence-corrected chi connectivity index (χ2v) is 8.66. The molecule has 136 valence electrons. The summed E-state index contributed by atoms with van der Waals surface area (Å²) in [7, 11) is -0.553. The Morgan fingerprint density at radius 2 is 1.92 bits per heavy atom. The number of aromatic nitrogens is 1. The molecule has 1 amide bonds. The zero-order valence-electron chi connectivity index (χ0n) is 14.2. The molecular weight excluding hydrogens is 374 g/mol. The average Bonchev–Trinajstić information content (AvgIpc) is 3.08. The molecule has 0 aliphatic carbocycles. The summed E-state index contributed by atoms with van der Waals surface area (Å²) in [6.45, 7) is -0.181. The highest BCUT2D eigenvalue weighted by atomic mass is 32.2. The number of ether oxygens (including phenoxy) is 1. The van der Waals surface area contributed by atoms with Gasteiger partial charge in [0, 0.05) is 31.4 Å². The lowest BCUT2D eigenvalue weighted by Crippen LogP contribution is -2.22. The van der Waals surface area contributed by atoms with Crippen LogP contribution < -0.4 is 10.1 Å². The van der Waals surface area contributed by atoms with Gasteiger partial charge in [-0.2, -0.15) is 4.37 Å². The number of sulfonamides is 1. The van der Waals surface area contributed by atoms with Crippen LogP contribution in [0.25, 0.3) is 10.1 Å². The van der Waals surface area contributed by atoms with Crippen LogP contribution in [0.5, 0.6) is 5.75 Å². The predicted molar refractivity (Wildman–Crippen MR) is 101 cm³/mol. The van der Waals surface area contributed by atoms with Gasteiger partial charge in [0.15, 0.2) is 6.61 Å². The Morgan fingerprint density at radius 3 is 2.62 bits per heavy atom. The van der Waals surface area contributed by atoms with Crippen molar-refractivity contribution >= 4 is 43.2 Å². The molecule has 3 aromatic rings. The van der Waals surface area contributed by atoms with E-state index in [0.29, 0.717) is 11.4 Å². The van der Waals surface area contributed by atoms with E-state index in [1.54, 1.807) is 12.3 Å². The first-order valence-electron chi connectivity index (χ1n) is 7.66. The van der Waals surface area contributed by atoms with Crippen molar-refractivity contribution in [3.8, 4) is 5.75 Å². The molecule has 0 bridgehead atoms. The molecule has 26 heavy (non-hydrogen) atoms. The van der Waals surface area contributed by atoms with Crippen molar-refractivity contribution in [2.75, 3.05) is 26.0 Å². The van der Waals surface area contributed by atoms with Gasteiger partial charge >= 0.3 is 0 Å². The lowest BCUT2D eigenvalue weighted by Gasteiger charge is -2.12. The van der Waals surface area contributed by atoms with Gasteiger partial charge in [-0.3, -0.25) is 4.79 Å². The number of nitrogens with zero attached hydrogens (tertiary/aromatic N) is 2. The summed E-state index contributed by atoms with van der Waals surface area (Å²) in [6, 6.07) is 11.5. The zero-order valence-corrected chi connectivity index (χ0v) is 15.8. The Balaban J connectivity index is 1.59. The Labute approximate surface area is 155 Å². The van der Waals surface area contributed by atoms with Gasteiger partial charge in [0.05, 0.1) is 9.60 Å². The van der Waals surface area contributed by atoms with Gasteiger partial charge in [0.2, 0.25) is 10.0 Å². The molecule has 0 unspecified atom stereocenters. The van der Waals surface area contributed by atoms with E-state index in [1.807, 2.05) is 12.1 Å². The molecule has 0 saturated heterocycles. The van der Waals surface area contributed by atoms with Crippen molar-refractivity contribution in [1.82, 2.24) is 8.68 Å². The average molecular weight is 391 g/mol. The van der Waals surface area contributed by atoms with E-state index in [0.717, 1.165) is 14.4 Å². The first-order chi connectivity index (χ1) is 12.4. The number of rotatable bonds is 6. The minimum absolute atomic E-state index is 0.164. The highest BCUT2D eigenvalue weighted by molar-refractivity contribution is 7.89. The standard InChI is InChI=1S/C17H17N3O4S2/c1-20(2)26(22,23)15-6-4-14(5-7-15)24-11-17(21)19-13-3-8-16-12(9-13)10-18-25-16/h3-10H,11H2,1-2H3,(H,19,21). The fourth-order valence-electron chi connectivity index (χ4n) is 2.21. The second-order valence-electron chi connectivity index (χ2n) is 5.67. The molecule has 0 spiro atoms. The number of nitrogens with one attached hydrogen (secondary N) is 1. The lowest BCUT2D eigenvalue weighted by molar-refractivity contribution is -0.118. The van der Waals surface area contributed by atoms with Crippen LogP contribution in [0.2, 0.25) is 0 Å². The molecule has 1 heterocycles. The minimum Gasteiger partial charge on any atom is -0.484 e. The largest absolute Gasteiger partial charge is 0.484 e. The highest BCUT2D eigenvalue weighted by Crippen LogP contribution is 2.22. The molecule has 0 atom stereocenters. The topological polar surface area (TPSA) is 88.6 Å². The summed E-state index contributed by atoms with van der Waals surface area (Å²) >= 11 is 1.39. The Kier molecular flexibility index (Phi) is 5.21. The maximum atomic E-state index is 12.0. The van der Waals surface area contributed by atoms with Crippen molar-refractivity contribution < 1.29 is 17.9 Å². The van der Waals surface area contributed by atoms with E-state index in [1.165, 1.54) is 49.9 Å². The van der Waals surface area contributed by atoms with Gasteiger partial charge in [-0.15, -0.1) is 0 Å². The monoisotopic (exact) mass is 391 g/mol. The van der Waals surface area contributed by atoms with E-state index in [9.17, 15) is 13.2 Å². The second kappa shape index (κ2) is 7.40. The third-order valence-corrected chi connectivity index (χ3v) is 6.22. The third-order valence-electron chi connectivity index (χ3n) is 3.61. The molecular formula is C17H17N3O4S2.